The first kappa shape index (κ1) is 60.7. The zero-order valence-corrected chi connectivity index (χ0v) is 48.2. The van der Waals surface area contributed by atoms with Crippen molar-refractivity contribution in [3.8, 4) is 17.0 Å². The predicted octanol–water partition coefficient (Wildman–Crippen LogP) is 6.76. The minimum absolute atomic E-state index is 0.0778. The lowest BCUT2D eigenvalue weighted by atomic mass is 9.85. The molecule has 7 N–H and O–H groups in total. The maximum Gasteiger partial charge on any atom is 0.254 e. The lowest BCUT2D eigenvalue weighted by molar-refractivity contribution is -0.143. The molecule has 0 saturated carbocycles. The van der Waals surface area contributed by atoms with E-state index in [-0.39, 0.29) is 73.5 Å². The summed E-state index contributed by atoms with van der Waals surface area (Å²) >= 11 is 0. The van der Waals surface area contributed by atoms with Crippen LogP contribution in [-0.4, -0.2) is 131 Å². The van der Waals surface area contributed by atoms with Gasteiger partial charge >= 0.3 is 0 Å². The number of Topliss-reactive ketones (excluding diaryl/α,β-unsaturated/α-hetero) is 1. The van der Waals surface area contributed by atoms with E-state index in [1.165, 1.54) is 12.1 Å². The number of rotatable bonds is 25. The fourth-order valence-corrected chi connectivity index (χ4v) is 11.4. The van der Waals surface area contributed by atoms with Gasteiger partial charge in [-0.25, -0.2) is 14.1 Å². The molecule has 6 atom stereocenters. The summed E-state index contributed by atoms with van der Waals surface area (Å²) in [7, 11) is 4.93. The summed E-state index contributed by atoms with van der Waals surface area (Å²) in [4.78, 5) is 91.8. The molecule has 5 amide bonds. The Kier molecular flexibility index (Phi) is 21.2. The third-order valence-electron chi connectivity index (χ3n) is 15.9. The molecule has 3 aliphatic heterocycles. The molecule has 434 valence electrons. The van der Waals surface area contributed by atoms with Gasteiger partial charge in [-0.1, -0.05) is 83.7 Å². The van der Waals surface area contributed by atoms with Crippen molar-refractivity contribution >= 4 is 46.8 Å². The summed E-state index contributed by atoms with van der Waals surface area (Å²) in [6.45, 7) is 11.4. The standard InChI is InChI=1S/C60H85FN12O7/c1-9-45(39-20-15-14-16-21-39)64-28-27-50(74)48-34-42(36-72(48)58(79)54(60(3,4)5)68-56(77)38(2)63-6)67-52(76)24-18-13-11-10-12-17-23-51(75)65-29-31-73-59(80-8)53-40-32-49(55(62)66-35-40)71-30-19-22-47(71)44-33-41(61)25-26-43(44)57(78)70(7)37-46(53)69-73/h14-16,20-21,25-26,32-33,35,38,42,45,47-48,54,63-64H,9-13,17-19,22-24,27-31,34,36-37H2,1-8H3,(H2,62,66)(H,65,75)(H,67,76)(H,68,77)/t38-,42-,45+,47-,48-,54+/m1/s1. The van der Waals surface area contributed by atoms with Crippen LogP contribution in [0.3, 0.4) is 0 Å². The Morgan fingerprint density at radius 3 is 2.34 bits per heavy atom. The molecular formula is C60H85FN12O7. The number of amides is 5. The lowest BCUT2D eigenvalue weighted by Gasteiger charge is -2.36. The second-order valence-electron chi connectivity index (χ2n) is 22.8. The fraction of sp³-hybridized carbons (Fsp3) is 0.567. The van der Waals surface area contributed by atoms with Crippen LogP contribution in [0.4, 0.5) is 15.9 Å². The van der Waals surface area contributed by atoms with Gasteiger partial charge in [-0.3, -0.25) is 28.8 Å². The number of ketones is 1. The number of nitrogens with two attached hydrogens (primary N) is 1. The van der Waals surface area contributed by atoms with Gasteiger partial charge in [0.15, 0.2) is 5.78 Å². The van der Waals surface area contributed by atoms with Gasteiger partial charge in [0.05, 0.1) is 55.3 Å². The molecule has 0 unspecified atom stereocenters. The van der Waals surface area contributed by atoms with Crippen molar-refractivity contribution < 1.29 is 37.9 Å². The number of halogens is 1. The minimum Gasteiger partial charge on any atom is -0.481 e. The molecule has 0 radical (unpaired) electrons. The van der Waals surface area contributed by atoms with Crippen LogP contribution in [0.15, 0.2) is 60.8 Å². The number of unbranched alkanes of at least 4 members (excludes halogenated alkanes) is 5. The maximum absolute atomic E-state index is 14.8. The summed E-state index contributed by atoms with van der Waals surface area (Å²) in [6, 6.07) is 13.6. The number of carbonyl (C=O) groups is 6. The molecular weight excluding hydrogens is 1020 g/mol. The van der Waals surface area contributed by atoms with E-state index in [2.05, 4.69) is 55.5 Å². The van der Waals surface area contributed by atoms with E-state index in [0.29, 0.717) is 97.1 Å². The van der Waals surface area contributed by atoms with Crippen LogP contribution in [-0.2, 0) is 37.1 Å². The topological polar surface area (TPSA) is 238 Å². The number of pyridine rings is 1. The van der Waals surface area contributed by atoms with Crippen molar-refractivity contribution in [3.05, 3.63) is 89.0 Å². The van der Waals surface area contributed by atoms with E-state index in [1.807, 2.05) is 45.0 Å². The largest absolute Gasteiger partial charge is 0.481 e. The summed E-state index contributed by atoms with van der Waals surface area (Å²) in [5, 5.41) is 20.4. The van der Waals surface area contributed by atoms with Gasteiger partial charge in [0.1, 0.15) is 17.7 Å². The van der Waals surface area contributed by atoms with Gasteiger partial charge in [-0.05, 0) is 93.3 Å². The fourth-order valence-electron chi connectivity index (χ4n) is 11.4. The minimum atomic E-state index is -0.892. The first-order valence-electron chi connectivity index (χ1n) is 28.7. The van der Waals surface area contributed by atoms with Crippen molar-refractivity contribution in [2.24, 2.45) is 5.41 Å². The van der Waals surface area contributed by atoms with Crippen LogP contribution in [0.5, 0.6) is 5.88 Å². The number of fused-ring (bicyclic) bond motifs is 8. The molecule has 2 saturated heterocycles. The number of aromatic nitrogens is 3. The Balaban J connectivity index is 0.866. The quantitative estimate of drug-likeness (QED) is 0.0377. The average molecular weight is 1110 g/mol. The Morgan fingerprint density at radius 1 is 0.938 bits per heavy atom. The lowest BCUT2D eigenvalue weighted by Crippen LogP contribution is -2.59. The summed E-state index contributed by atoms with van der Waals surface area (Å²) < 4.78 is 22.4. The van der Waals surface area contributed by atoms with Crippen LogP contribution in [0.2, 0.25) is 0 Å². The third kappa shape index (κ3) is 15.1. The number of carbonyl (C=O) groups excluding carboxylic acids is 6. The van der Waals surface area contributed by atoms with Crippen LogP contribution < -0.4 is 42.0 Å². The van der Waals surface area contributed by atoms with Crippen molar-refractivity contribution in [2.75, 3.05) is 58.0 Å². The molecule has 80 heavy (non-hydrogen) atoms. The predicted molar refractivity (Wildman–Crippen MR) is 307 cm³/mol. The molecule has 0 spiro atoms. The van der Waals surface area contributed by atoms with Crippen molar-refractivity contribution in [2.45, 2.75) is 167 Å². The highest BCUT2D eigenvalue weighted by molar-refractivity contribution is 5.97. The third-order valence-corrected chi connectivity index (χ3v) is 15.9. The van der Waals surface area contributed by atoms with Gasteiger partial charge in [-0.2, -0.15) is 5.10 Å². The number of hydrogen-bond donors (Lipinski definition) is 6. The van der Waals surface area contributed by atoms with E-state index in [9.17, 15) is 33.2 Å². The highest BCUT2D eigenvalue weighted by Crippen LogP contribution is 2.44. The molecule has 0 aliphatic carbocycles. The van der Waals surface area contributed by atoms with Gasteiger partial charge in [0, 0.05) is 81.9 Å². The first-order chi connectivity index (χ1) is 38.3. The Labute approximate surface area is 471 Å². The number of likely N-dealkylation sites (tertiary alicyclic amines) is 1. The van der Waals surface area contributed by atoms with E-state index in [4.69, 9.17) is 15.6 Å². The second kappa shape index (κ2) is 28.0. The first-order valence-corrected chi connectivity index (χ1v) is 28.7. The normalized spacial score (nSPS) is 18.2. The highest BCUT2D eigenvalue weighted by Gasteiger charge is 2.45. The monoisotopic (exact) mass is 1100 g/mol. The average Bonchev–Trinajstić information content (AvgIpc) is 4.25. The van der Waals surface area contributed by atoms with Crippen LogP contribution in [0.1, 0.15) is 157 Å². The molecule has 2 fully saturated rings. The number of nitrogens with zero attached hydrogens (tertiary/aromatic N) is 6. The number of methoxy groups -OCH3 is 1. The number of nitrogen functional groups attached to an aromatic ring is 1. The van der Waals surface area contributed by atoms with Crippen LogP contribution in [0.25, 0.3) is 11.1 Å². The number of hydrogen-bond acceptors (Lipinski definition) is 13. The number of likely N-dealkylation sites (N-methyl/N-ethyl adjacent to an activating group) is 1. The summed E-state index contributed by atoms with van der Waals surface area (Å²) in [5.74, 6) is -0.864. The smallest absolute Gasteiger partial charge is 0.254 e. The van der Waals surface area contributed by atoms with Gasteiger partial charge < -0.3 is 51.8 Å². The molecule has 2 aromatic heterocycles. The Morgan fingerprint density at radius 2 is 1.65 bits per heavy atom. The Bertz CT molecular complexity index is 2800. The molecule has 5 heterocycles. The van der Waals surface area contributed by atoms with Crippen LogP contribution in [0, 0.1) is 11.2 Å². The zero-order chi connectivity index (χ0) is 57.7. The van der Waals surface area contributed by atoms with Gasteiger partial charge in [-0.15, -0.1) is 0 Å². The van der Waals surface area contributed by atoms with Crippen molar-refractivity contribution in [3.63, 3.8) is 0 Å². The summed E-state index contributed by atoms with van der Waals surface area (Å²) in [5.41, 5.74) is 10.6. The van der Waals surface area contributed by atoms with E-state index in [0.717, 1.165) is 50.5 Å². The van der Waals surface area contributed by atoms with E-state index >= 15 is 0 Å². The van der Waals surface area contributed by atoms with Gasteiger partial charge in [0.2, 0.25) is 29.5 Å². The Hall–Kier alpha value is -6.93. The SMILES string of the molecule is CC[C@H](NCCC(=O)[C@H]1C[C@@H](NC(=O)CCCCCCCCC(=O)NCCn2nc3c(c2OC)-c2cnc(N)c(c2)N2CCC[C@@H]2c2cc(F)ccc2C(=O)N(C)C3)CN1C(=O)[C@H](NC(=O)[C@@H](C)NC)C(C)(C)C)c1ccccc1. The maximum atomic E-state index is 14.8. The second-order valence-corrected chi connectivity index (χ2v) is 22.8. The molecule has 2 bridgehead atoms. The molecule has 19 nitrogen and oxygen atoms in total. The van der Waals surface area contributed by atoms with Crippen molar-refractivity contribution in [1.29, 1.82) is 0 Å². The number of ether oxygens (including phenoxy) is 1. The molecule has 20 heteroatoms. The van der Waals surface area contributed by atoms with Crippen LogP contribution >= 0.6 is 0 Å². The van der Waals surface area contributed by atoms with E-state index in [1.54, 1.807) is 54.9 Å². The zero-order valence-electron chi connectivity index (χ0n) is 48.2. The molecule has 7 rings (SSSR count). The van der Waals surface area contributed by atoms with Crippen molar-refractivity contribution in [1.82, 2.24) is 51.1 Å². The number of benzene rings is 2. The van der Waals surface area contributed by atoms with E-state index < -0.39 is 35.4 Å². The number of anilines is 2. The molecule has 2 aromatic carbocycles. The number of nitrogens with one attached hydrogen (secondary N) is 5. The highest BCUT2D eigenvalue weighted by atomic mass is 19.1. The molecule has 4 aromatic rings. The molecule has 3 aliphatic rings. The summed E-state index contributed by atoms with van der Waals surface area (Å²) in [6.07, 6.45) is 10.1. The van der Waals surface area contributed by atoms with Gasteiger partial charge in [0.25, 0.3) is 5.91 Å².